The first-order valence-electron chi connectivity index (χ1n) is 9.88. The lowest BCUT2D eigenvalue weighted by Gasteiger charge is -2.21. The van der Waals surface area contributed by atoms with Gasteiger partial charge in [0, 0.05) is 31.0 Å². The van der Waals surface area contributed by atoms with Gasteiger partial charge in [-0.25, -0.2) is 0 Å². The zero-order chi connectivity index (χ0) is 21.5. The molecule has 3 heterocycles. The topological polar surface area (TPSA) is 126 Å². The summed E-state index contributed by atoms with van der Waals surface area (Å²) >= 11 is 0. The fourth-order valence-electron chi connectivity index (χ4n) is 3.16. The molecule has 10 heteroatoms. The van der Waals surface area contributed by atoms with E-state index in [1.165, 1.54) is 9.08 Å². The highest BCUT2D eigenvalue weighted by Crippen LogP contribution is 2.25. The predicted octanol–water partition coefficient (Wildman–Crippen LogP) is 1.54. The lowest BCUT2D eigenvalue weighted by atomic mass is 9.97. The summed E-state index contributed by atoms with van der Waals surface area (Å²) in [5.41, 5.74) is 0.0614. The van der Waals surface area contributed by atoms with E-state index in [0.717, 1.165) is 18.5 Å². The van der Waals surface area contributed by atoms with E-state index in [9.17, 15) is 14.7 Å². The number of aromatic nitrogens is 5. The molecule has 158 valence electrons. The van der Waals surface area contributed by atoms with Crippen molar-refractivity contribution in [1.29, 1.82) is 0 Å². The fourth-order valence-corrected chi connectivity index (χ4v) is 3.16. The summed E-state index contributed by atoms with van der Waals surface area (Å²) in [7, 11) is 0. The second kappa shape index (κ2) is 7.43. The van der Waals surface area contributed by atoms with E-state index in [0.29, 0.717) is 24.6 Å². The summed E-state index contributed by atoms with van der Waals surface area (Å²) in [4.78, 5) is 34.1. The van der Waals surface area contributed by atoms with E-state index in [1.807, 2.05) is 20.8 Å². The second-order valence-corrected chi connectivity index (χ2v) is 8.75. The molecule has 3 N–H and O–H groups in total. The van der Waals surface area contributed by atoms with Crippen LogP contribution in [-0.2, 0) is 13.1 Å². The molecule has 3 aromatic heterocycles. The van der Waals surface area contributed by atoms with Gasteiger partial charge < -0.3 is 15.7 Å². The summed E-state index contributed by atoms with van der Waals surface area (Å²) in [6.07, 6.45) is 6.58. The molecule has 4 rings (SSSR count). The normalized spacial score (nSPS) is 14.1. The van der Waals surface area contributed by atoms with Gasteiger partial charge in [-0.3, -0.25) is 24.1 Å². The van der Waals surface area contributed by atoms with Crippen LogP contribution in [0.15, 0.2) is 29.5 Å². The lowest BCUT2D eigenvalue weighted by molar-refractivity contribution is 0.0944. The number of amides is 1. The van der Waals surface area contributed by atoms with Crippen LogP contribution < -0.4 is 16.2 Å². The number of nitrogens with one attached hydrogen (secondary N) is 2. The number of aromatic hydroxyl groups is 1. The van der Waals surface area contributed by atoms with Gasteiger partial charge in [0.2, 0.25) is 5.88 Å². The van der Waals surface area contributed by atoms with Gasteiger partial charge in [0.25, 0.3) is 11.5 Å². The van der Waals surface area contributed by atoms with E-state index >= 15 is 0 Å². The molecule has 30 heavy (non-hydrogen) atoms. The molecule has 1 saturated carbocycles. The minimum Gasteiger partial charge on any atom is -0.492 e. The van der Waals surface area contributed by atoms with Crippen molar-refractivity contribution in [3.63, 3.8) is 0 Å². The molecule has 3 aromatic rings. The Morgan fingerprint density at radius 1 is 1.30 bits per heavy atom. The number of hydrogen-bond donors (Lipinski definition) is 3. The molecular weight excluding hydrogens is 386 g/mol. The summed E-state index contributed by atoms with van der Waals surface area (Å²) in [5.74, 6) is -0.599. The largest absolute Gasteiger partial charge is 0.492 e. The molecule has 1 aliphatic rings. The second-order valence-electron chi connectivity index (χ2n) is 8.75. The Kier molecular flexibility index (Phi) is 4.92. The van der Waals surface area contributed by atoms with E-state index in [1.54, 1.807) is 24.7 Å². The van der Waals surface area contributed by atoms with Gasteiger partial charge >= 0.3 is 0 Å². The third-order valence-electron chi connectivity index (χ3n) is 4.69. The molecule has 10 nitrogen and oxygen atoms in total. The van der Waals surface area contributed by atoms with E-state index < -0.39 is 17.3 Å². The van der Waals surface area contributed by atoms with Crippen LogP contribution in [-0.4, -0.2) is 41.2 Å². The fraction of sp³-hybridized carbons (Fsp3) is 0.450. The summed E-state index contributed by atoms with van der Waals surface area (Å²) in [6.45, 7) is 6.72. The van der Waals surface area contributed by atoms with Crippen LogP contribution in [0.2, 0.25) is 0 Å². The minimum atomic E-state index is -0.575. The van der Waals surface area contributed by atoms with Crippen molar-refractivity contribution in [3.05, 3.63) is 46.3 Å². The highest BCUT2D eigenvalue weighted by molar-refractivity contribution is 5.96. The van der Waals surface area contributed by atoms with Gasteiger partial charge in [-0.1, -0.05) is 20.8 Å². The molecule has 1 fully saturated rings. The van der Waals surface area contributed by atoms with Crippen molar-refractivity contribution >= 4 is 17.4 Å². The lowest BCUT2D eigenvalue weighted by Crippen LogP contribution is -2.37. The Morgan fingerprint density at radius 3 is 2.70 bits per heavy atom. The molecule has 0 atom stereocenters. The molecule has 0 bridgehead atoms. The van der Waals surface area contributed by atoms with Gasteiger partial charge in [-0.15, -0.1) is 5.10 Å². The Morgan fingerprint density at radius 2 is 2.07 bits per heavy atom. The highest BCUT2D eigenvalue weighted by Gasteiger charge is 2.30. The van der Waals surface area contributed by atoms with Crippen LogP contribution in [0.25, 0.3) is 5.65 Å². The molecule has 1 aliphatic carbocycles. The SMILES string of the molecule is CC(C)(C)Cn1c(=O)c(C(=O)NC2CC2)c(O)n2nc(NCc3cnccn3)cc12. The van der Waals surface area contributed by atoms with Crippen molar-refractivity contribution in [2.75, 3.05) is 5.32 Å². The number of fused-ring (bicyclic) bond motifs is 1. The maximum atomic E-state index is 13.2. The Bertz CT molecular complexity index is 1140. The van der Waals surface area contributed by atoms with Gasteiger partial charge in [-0.05, 0) is 18.3 Å². The Hall–Kier alpha value is -3.43. The number of carbonyl (C=O) groups excluding carboxylic acids is 1. The maximum Gasteiger partial charge on any atom is 0.270 e. The molecule has 0 radical (unpaired) electrons. The van der Waals surface area contributed by atoms with Gasteiger partial charge in [-0.2, -0.15) is 4.52 Å². The average molecular weight is 411 g/mol. The van der Waals surface area contributed by atoms with Crippen molar-refractivity contribution in [3.8, 4) is 5.88 Å². The van der Waals surface area contributed by atoms with Gasteiger partial charge in [0.05, 0.1) is 18.4 Å². The van der Waals surface area contributed by atoms with E-state index in [2.05, 4.69) is 25.7 Å². The predicted molar refractivity (Wildman–Crippen MR) is 110 cm³/mol. The number of carbonyl (C=O) groups is 1. The molecular formula is C20H25N7O3. The quantitative estimate of drug-likeness (QED) is 0.562. The van der Waals surface area contributed by atoms with E-state index in [-0.39, 0.29) is 17.0 Å². The zero-order valence-corrected chi connectivity index (χ0v) is 17.2. The summed E-state index contributed by atoms with van der Waals surface area (Å²) in [5, 5.41) is 21.0. The van der Waals surface area contributed by atoms with Crippen LogP contribution in [0, 0.1) is 5.41 Å². The van der Waals surface area contributed by atoms with Crippen LogP contribution >= 0.6 is 0 Å². The van der Waals surface area contributed by atoms with Crippen molar-refractivity contribution < 1.29 is 9.90 Å². The average Bonchev–Trinajstić information content (AvgIpc) is 3.39. The number of anilines is 1. The van der Waals surface area contributed by atoms with Crippen molar-refractivity contribution in [2.45, 2.75) is 52.7 Å². The molecule has 0 spiro atoms. The minimum absolute atomic E-state index is 0.0601. The smallest absolute Gasteiger partial charge is 0.270 e. The van der Waals surface area contributed by atoms with Crippen molar-refractivity contribution in [2.24, 2.45) is 5.41 Å². The molecule has 0 aromatic carbocycles. The Balaban J connectivity index is 1.77. The highest BCUT2D eigenvalue weighted by atomic mass is 16.3. The van der Waals surface area contributed by atoms with Crippen LogP contribution in [0.4, 0.5) is 5.82 Å². The monoisotopic (exact) mass is 411 g/mol. The first kappa shape index (κ1) is 19.9. The van der Waals surface area contributed by atoms with Gasteiger partial charge in [0.1, 0.15) is 5.65 Å². The standard InChI is InChI=1S/C20H25N7O3/c1-20(2,3)11-26-15-8-14(23-10-13-9-21-6-7-22-13)25-27(15)19(30)16(18(26)29)17(28)24-12-4-5-12/h6-9,12,30H,4-5,10-11H2,1-3H3,(H,23,25)(H,24,28). The first-order valence-corrected chi connectivity index (χ1v) is 9.88. The third-order valence-corrected chi connectivity index (χ3v) is 4.69. The van der Waals surface area contributed by atoms with Crippen LogP contribution in [0.3, 0.4) is 0 Å². The summed E-state index contributed by atoms with van der Waals surface area (Å²) in [6, 6.07) is 1.73. The molecule has 0 saturated heterocycles. The first-order chi connectivity index (χ1) is 14.2. The molecule has 0 unspecified atom stereocenters. The summed E-state index contributed by atoms with van der Waals surface area (Å²) < 4.78 is 2.72. The van der Waals surface area contributed by atoms with Crippen LogP contribution in [0.1, 0.15) is 49.7 Å². The Labute approximate surface area is 173 Å². The molecule has 1 amide bonds. The number of rotatable bonds is 6. The van der Waals surface area contributed by atoms with Gasteiger partial charge in [0.15, 0.2) is 11.4 Å². The number of nitrogens with zero attached hydrogens (tertiary/aromatic N) is 5. The van der Waals surface area contributed by atoms with Crippen molar-refractivity contribution in [1.82, 2.24) is 29.5 Å². The number of hydrogen-bond acceptors (Lipinski definition) is 7. The third kappa shape index (κ3) is 4.12. The zero-order valence-electron chi connectivity index (χ0n) is 17.2. The maximum absolute atomic E-state index is 13.2. The van der Waals surface area contributed by atoms with Crippen LogP contribution in [0.5, 0.6) is 5.88 Å². The van der Waals surface area contributed by atoms with E-state index in [4.69, 9.17) is 0 Å². The molecule has 0 aliphatic heterocycles.